The fourth-order valence-electron chi connectivity index (χ4n) is 0.354. The minimum Gasteiger partial charge on any atom is -0.312 e. The lowest BCUT2D eigenvalue weighted by molar-refractivity contribution is 0.350. The van der Waals surface area contributed by atoms with Crippen LogP contribution in [0.1, 0.15) is 6.92 Å². The second-order valence-electron chi connectivity index (χ2n) is 1.64. The van der Waals surface area contributed by atoms with Crippen LogP contribution in [-0.2, 0) is 0 Å². The Balaban J connectivity index is 2.81. The lowest BCUT2D eigenvalue weighted by Gasteiger charge is -1.99. The highest BCUT2D eigenvalue weighted by Gasteiger charge is 1.92. The standard InChI is InChI=1S/C5H11FN2/c1-5(6)4-8-3-2-7/h2,5,7-8H,3-4H2,1H3. The second-order valence-corrected chi connectivity index (χ2v) is 1.64. The van der Waals surface area contributed by atoms with Gasteiger partial charge in [-0.25, -0.2) is 4.39 Å². The summed E-state index contributed by atoms with van der Waals surface area (Å²) in [6.45, 7) is 2.29. The van der Waals surface area contributed by atoms with Gasteiger partial charge in [-0.15, -0.1) is 0 Å². The van der Waals surface area contributed by atoms with Gasteiger partial charge in [-0.2, -0.15) is 0 Å². The van der Waals surface area contributed by atoms with Gasteiger partial charge in [0, 0.05) is 19.3 Å². The predicted octanol–water partition coefficient (Wildman–Crippen LogP) is 0.584. The van der Waals surface area contributed by atoms with Crippen LogP contribution >= 0.6 is 0 Å². The maximum atomic E-state index is 11.9. The molecule has 48 valence electrons. The lowest BCUT2D eigenvalue weighted by Crippen LogP contribution is -2.23. The summed E-state index contributed by atoms with van der Waals surface area (Å²) in [6, 6.07) is 0. The third kappa shape index (κ3) is 5.56. The molecule has 1 unspecified atom stereocenters. The Kier molecular flexibility index (Phi) is 4.45. The Morgan fingerprint density at radius 1 is 1.88 bits per heavy atom. The fourth-order valence-corrected chi connectivity index (χ4v) is 0.354. The molecule has 0 saturated carbocycles. The van der Waals surface area contributed by atoms with E-state index in [9.17, 15) is 4.39 Å². The maximum absolute atomic E-state index is 11.9. The first-order chi connectivity index (χ1) is 3.77. The van der Waals surface area contributed by atoms with E-state index in [0.717, 1.165) is 0 Å². The zero-order chi connectivity index (χ0) is 6.41. The van der Waals surface area contributed by atoms with Crippen molar-refractivity contribution in [3.63, 3.8) is 0 Å². The summed E-state index contributed by atoms with van der Waals surface area (Å²) in [5.41, 5.74) is 0. The summed E-state index contributed by atoms with van der Waals surface area (Å²) in [5.74, 6) is 0. The van der Waals surface area contributed by atoms with Crippen molar-refractivity contribution in [2.45, 2.75) is 13.1 Å². The molecule has 0 heterocycles. The van der Waals surface area contributed by atoms with Crippen molar-refractivity contribution in [2.75, 3.05) is 13.1 Å². The number of nitrogens with one attached hydrogen (secondary N) is 2. The normalized spacial score (nSPS) is 13.2. The monoisotopic (exact) mass is 118 g/mol. The quantitative estimate of drug-likeness (QED) is 0.411. The van der Waals surface area contributed by atoms with E-state index in [-0.39, 0.29) is 0 Å². The van der Waals surface area contributed by atoms with Gasteiger partial charge < -0.3 is 10.7 Å². The van der Waals surface area contributed by atoms with E-state index in [1.54, 1.807) is 0 Å². The van der Waals surface area contributed by atoms with E-state index in [4.69, 9.17) is 5.41 Å². The van der Waals surface area contributed by atoms with E-state index in [0.29, 0.717) is 13.1 Å². The van der Waals surface area contributed by atoms with Crippen LogP contribution in [-0.4, -0.2) is 25.5 Å². The molecule has 0 radical (unpaired) electrons. The number of rotatable bonds is 4. The summed E-state index contributed by atoms with van der Waals surface area (Å²) in [4.78, 5) is 0. The Morgan fingerprint density at radius 2 is 2.50 bits per heavy atom. The maximum Gasteiger partial charge on any atom is 0.110 e. The summed E-state index contributed by atoms with van der Waals surface area (Å²) >= 11 is 0. The van der Waals surface area contributed by atoms with Crippen molar-refractivity contribution in [1.29, 1.82) is 5.41 Å². The second kappa shape index (κ2) is 4.71. The molecule has 0 saturated heterocycles. The van der Waals surface area contributed by atoms with E-state index >= 15 is 0 Å². The van der Waals surface area contributed by atoms with Crippen molar-refractivity contribution < 1.29 is 4.39 Å². The van der Waals surface area contributed by atoms with Crippen LogP contribution in [0, 0.1) is 5.41 Å². The zero-order valence-corrected chi connectivity index (χ0v) is 4.95. The van der Waals surface area contributed by atoms with Gasteiger partial charge in [-0.05, 0) is 6.92 Å². The highest BCUT2D eigenvalue weighted by Crippen LogP contribution is 1.81. The molecule has 0 aromatic heterocycles. The van der Waals surface area contributed by atoms with Crippen LogP contribution in [0.15, 0.2) is 0 Å². The van der Waals surface area contributed by atoms with Gasteiger partial charge in [0.2, 0.25) is 0 Å². The van der Waals surface area contributed by atoms with Crippen LogP contribution in [0.3, 0.4) is 0 Å². The number of alkyl halides is 1. The molecular weight excluding hydrogens is 107 g/mol. The third-order valence-electron chi connectivity index (χ3n) is 0.672. The van der Waals surface area contributed by atoms with Crippen molar-refractivity contribution in [3.8, 4) is 0 Å². The number of hydrogen-bond donors (Lipinski definition) is 2. The highest BCUT2D eigenvalue weighted by atomic mass is 19.1. The Hall–Kier alpha value is -0.440. The molecule has 0 spiro atoms. The Labute approximate surface area is 48.6 Å². The molecular formula is C5H11FN2. The van der Waals surface area contributed by atoms with Crippen molar-refractivity contribution in [2.24, 2.45) is 0 Å². The molecule has 0 rings (SSSR count). The van der Waals surface area contributed by atoms with Gasteiger partial charge in [0.15, 0.2) is 0 Å². The largest absolute Gasteiger partial charge is 0.312 e. The van der Waals surface area contributed by atoms with Crippen molar-refractivity contribution >= 4 is 6.21 Å². The highest BCUT2D eigenvalue weighted by molar-refractivity contribution is 5.55. The van der Waals surface area contributed by atoms with Crippen LogP contribution in [0.4, 0.5) is 4.39 Å². The van der Waals surface area contributed by atoms with Gasteiger partial charge in [0.1, 0.15) is 6.17 Å². The number of halogens is 1. The lowest BCUT2D eigenvalue weighted by atomic mass is 10.4. The third-order valence-corrected chi connectivity index (χ3v) is 0.672. The molecule has 1 atom stereocenters. The van der Waals surface area contributed by atoms with Gasteiger partial charge in [0.25, 0.3) is 0 Å². The topological polar surface area (TPSA) is 35.9 Å². The average Bonchev–Trinajstić information content (AvgIpc) is 1.66. The predicted molar refractivity (Wildman–Crippen MR) is 32.2 cm³/mol. The molecule has 0 aromatic carbocycles. The summed E-state index contributed by atoms with van der Waals surface area (Å²) in [7, 11) is 0. The molecule has 2 N–H and O–H groups in total. The van der Waals surface area contributed by atoms with E-state index < -0.39 is 6.17 Å². The molecule has 0 fully saturated rings. The van der Waals surface area contributed by atoms with Crippen LogP contribution in [0.5, 0.6) is 0 Å². The first-order valence-corrected chi connectivity index (χ1v) is 2.61. The first-order valence-electron chi connectivity index (χ1n) is 2.61. The fraction of sp³-hybridized carbons (Fsp3) is 0.800. The van der Waals surface area contributed by atoms with Gasteiger partial charge in [-0.3, -0.25) is 0 Å². The molecule has 0 aliphatic rings. The van der Waals surface area contributed by atoms with E-state index in [2.05, 4.69) is 5.32 Å². The van der Waals surface area contributed by atoms with Crippen LogP contribution in [0.2, 0.25) is 0 Å². The Bertz CT molecular complexity index is 63.4. The molecule has 2 nitrogen and oxygen atoms in total. The molecule has 8 heavy (non-hydrogen) atoms. The Morgan fingerprint density at radius 3 is 2.88 bits per heavy atom. The summed E-state index contributed by atoms with van der Waals surface area (Å²) < 4.78 is 11.9. The van der Waals surface area contributed by atoms with Crippen LogP contribution in [0.25, 0.3) is 0 Å². The molecule has 0 aliphatic carbocycles. The summed E-state index contributed by atoms with van der Waals surface area (Å²) in [5, 5.41) is 9.25. The molecule has 0 bridgehead atoms. The average molecular weight is 118 g/mol. The van der Waals surface area contributed by atoms with Gasteiger partial charge >= 0.3 is 0 Å². The summed E-state index contributed by atoms with van der Waals surface area (Å²) in [6.07, 6.45) is 0.400. The molecule has 0 amide bonds. The number of hydrogen-bond acceptors (Lipinski definition) is 2. The van der Waals surface area contributed by atoms with Crippen molar-refractivity contribution in [1.82, 2.24) is 5.32 Å². The molecule has 3 heteroatoms. The molecule has 0 aliphatic heterocycles. The SMILES string of the molecule is CC(F)CNCC=N. The van der Waals surface area contributed by atoms with Gasteiger partial charge in [0.05, 0.1) is 0 Å². The van der Waals surface area contributed by atoms with Crippen molar-refractivity contribution in [3.05, 3.63) is 0 Å². The minimum atomic E-state index is -0.810. The van der Waals surface area contributed by atoms with Gasteiger partial charge in [-0.1, -0.05) is 0 Å². The zero-order valence-electron chi connectivity index (χ0n) is 4.95. The smallest absolute Gasteiger partial charge is 0.110 e. The minimum absolute atomic E-state index is 0.343. The molecule has 0 aromatic rings. The van der Waals surface area contributed by atoms with E-state index in [1.807, 2.05) is 0 Å². The first kappa shape index (κ1) is 7.56. The van der Waals surface area contributed by atoms with E-state index in [1.165, 1.54) is 13.1 Å². The van der Waals surface area contributed by atoms with Crippen LogP contribution < -0.4 is 5.32 Å².